The van der Waals surface area contributed by atoms with Crippen molar-refractivity contribution < 1.29 is 14.3 Å². The molecule has 8 nitrogen and oxygen atoms in total. The molecule has 2 N–H and O–H groups in total. The first-order valence-electron chi connectivity index (χ1n) is 9.94. The van der Waals surface area contributed by atoms with Crippen molar-refractivity contribution in [3.05, 3.63) is 29.8 Å². The van der Waals surface area contributed by atoms with Crippen molar-refractivity contribution in [3.8, 4) is 5.75 Å². The van der Waals surface area contributed by atoms with Crippen molar-refractivity contribution in [1.82, 2.24) is 14.7 Å². The van der Waals surface area contributed by atoms with Crippen LogP contribution in [0, 0.1) is 0 Å². The second-order valence-corrected chi connectivity index (χ2v) is 8.37. The molecule has 1 aliphatic heterocycles. The minimum atomic E-state index is -0.492. The molecule has 0 bridgehead atoms. The number of guanidine groups is 1. The first kappa shape index (κ1) is 26.3. The Hall–Kier alpha value is -1.75. The normalized spacial score (nSPS) is 16.2. The summed E-state index contributed by atoms with van der Waals surface area (Å²) in [4.78, 5) is 22.7. The van der Waals surface area contributed by atoms with Gasteiger partial charge >= 0.3 is 6.09 Å². The van der Waals surface area contributed by atoms with E-state index in [1.165, 1.54) is 0 Å². The second kappa shape index (κ2) is 11.6. The minimum Gasteiger partial charge on any atom is -0.496 e. The second-order valence-electron chi connectivity index (χ2n) is 8.37. The zero-order valence-corrected chi connectivity index (χ0v) is 21.3. The number of carbonyl (C=O) groups excluding carboxylic acids is 1. The maximum absolute atomic E-state index is 12.2. The zero-order chi connectivity index (χ0) is 21.6. The third kappa shape index (κ3) is 7.50. The predicted octanol–water partition coefficient (Wildman–Crippen LogP) is 2.78. The molecule has 9 heteroatoms. The largest absolute Gasteiger partial charge is 0.496 e. The van der Waals surface area contributed by atoms with Crippen LogP contribution in [0.5, 0.6) is 5.75 Å². The van der Waals surface area contributed by atoms with Crippen molar-refractivity contribution >= 4 is 36.0 Å². The van der Waals surface area contributed by atoms with Gasteiger partial charge in [0, 0.05) is 31.7 Å². The fraction of sp³-hybridized carbons (Fsp3) is 0.619. The van der Waals surface area contributed by atoms with Crippen LogP contribution in [0.3, 0.4) is 0 Å². The van der Waals surface area contributed by atoms with Crippen LogP contribution in [0.4, 0.5) is 4.79 Å². The molecule has 1 unspecified atom stereocenters. The van der Waals surface area contributed by atoms with Crippen LogP contribution in [-0.4, -0.2) is 86.3 Å². The Morgan fingerprint density at radius 2 is 1.73 bits per heavy atom. The van der Waals surface area contributed by atoms with Crippen LogP contribution >= 0.6 is 24.0 Å². The maximum Gasteiger partial charge on any atom is 0.410 e. The number of likely N-dealkylation sites (N-methyl/N-ethyl adjacent to an activating group) is 1. The van der Waals surface area contributed by atoms with Gasteiger partial charge in [0.05, 0.1) is 19.7 Å². The Kier molecular flexibility index (Phi) is 10.2. The molecule has 1 atom stereocenters. The summed E-state index contributed by atoms with van der Waals surface area (Å²) in [6, 6.07) is 8.00. The van der Waals surface area contributed by atoms with E-state index in [1.54, 1.807) is 12.0 Å². The average molecular weight is 533 g/mol. The highest BCUT2D eigenvalue weighted by Crippen LogP contribution is 2.28. The SMILES string of the molecule is COc1ccccc1C(CN=C(N)N1CCN(C(=O)OC(C)(C)C)CC1)N(C)C.I. The van der Waals surface area contributed by atoms with E-state index in [2.05, 4.69) is 16.0 Å². The van der Waals surface area contributed by atoms with Crippen molar-refractivity contribution in [1.29, 1.82) is 0 Å². The van der Waals surface area contributed by atoms with E-state index in [4.69, 9.17) is 15.2 Å². The van der Waals surface area contributed by atoms with Crippen molar-refractivity contribution in [2.75, 3.05) is 53.9 Å². The summed E-state index contributed by atoms with van der Waals surface area (Å²) in [6.45, 7) is 8.53. The van der Waals surface area contributed by atoms with E-state index in [9.17, 15) is 4.79 Å². The molecule has 0 aromatic heterocycles. The molecule has 0 aliphatic carbocycles. The highest BCUT2D eigenvalue weighted by Gasteiger charge is 2.26. The summed E-state index contributed by atoms with van der Waals surface area (Å²) in [7, 11) is 5.71. The number of benzene rings is 1. The Bertz CT molecular complexity index is 713. The number of rotatable bonds is 5. The topological polar surface area (TPSA) is 83.6 Å². The Morgan fingerprint density at radius 1 is 1.17 bits per heavy atom. The quantitative estimate of drug-likeness (QED) is 0.356. The van der Waals surface area contributed by atoms with Gasteiger partial charge < -0.3 is 29.9 Å². The van der Waals surface area contributed by atoms with Gasteiger partial charge in [-0.3, -0.25) is 4.99 Å². The lowest BCUT2D eigenvalue weighted by Gasteiger charge is -2.36. The van der Waals surface area contributed by atoms with Crippen LogP contribution in [-0.2, 0) is 4.74 Å². The molecule has 1 saturated heterocycles. The number of nitrogens with two attached hydrogens (primary N) is 1. The molecule has 1 heterocycles. The lowest BCUT2D eigenvalue weighted by atomic mass is 10.0. The third-order valence-electron chi connectivity index (χ3n) is 4.80. The van der Waals surface area contributed by atoms with Crippen LogP contribution in [0.15, 0.2) is 29.3 Å². The van der Waals surface area contributed by atoms with Gasteiger partial charge in [0.15, 0.2) is 5.96 Å². The highest BCUT2D eigenvalue weighted by atomic mass is 127. The van der Waals surface area contributed by atoms with Gasteiger partial charge in [-0.25, -0.2) is 4.79 Å². The van der Waals surface area contributed by atoms with E-state index >= 15 is 0 Å². The number of aliphatic imine (C=N–C) groups is 1. The van der Waals surface area contributed by atoms with Crippen molar-refractivity contribution in [2.24, 2.45) is 10.7 Å². The number of methoxy groups -OCH3 is 1. The molecular weight excluding hydrogens is 497 g/mol. The van der Waals surface area contributed by atoms with Crippen LogP contribution in [0.2, 0.25) is 0 Å². The Balaban J connectivity index is 0.00000450. The molecular formula is C21H36IN5O3. The average Bonchev–Trinajstić information content (AvgIpc) is 2.67. The molecule has 0 radical (unpaired) electrons. The molecule has 1 aromatic rings. The number of para-hydroxylation sites is 1. The molecule has 0 spiro atoms. The zero-order valence-electron chi connectivity index (χ0n) is 18.9. The van der Waals surface area contributed by atoms with Crippen LogP contribution < -0.4 is 10.5 Å². The number of halogens is 1. The molecule has 2 rings (SSSR count). The molecule has 0 saturated carbocycles. The molecule has 1 amide bonds. The van der Waals surface area contributed by atoms with Crippen molar-refractivity contribution in [3.63, 3.8) is 0 Å². The van der Waals surface area contributed by atoms with Crippen molar-refractivity contribution in [2.45, 2.75) is 32.4 Å². The number of piperazine rings is 1. The van der Waals surface area contributed by atoms with Gasteiger partial charge in [0.2, 0.25) is 0 Å². The number of amides is 1. The van der Waals surface area contributed by atoms with Crippen LogP contribution in [0.25, 0.3) is 0 Å². The summed E-state index contributed by atoms with van der Waals surface area (Å²) in [6.07, 6.45) is -0.281. The maximum atomic E-state index is 12.2. The first-order valence-corrected chi connectivity index (χ1v) is 9.94. The summed E-state index contributed by atoms with van der Waals surface area (Å²) < 4.78 is 10.9. The number of nitrogens with zero attached hydrogens (tertiary/aromatic N) is 4. The van der Waals surface area contributed by atoms with E-state index in [-0.39, 0.29) is 36.1 Å². The lowest BCUT2D eigenvalue weighted by molar-refractivity contribution is 0.0186. The van der Waals surface area contributed by atoms with Gasteiger partial charge in [0.1, 0.15) is 11.4 Å². The van der Waals surface area contributed by atoms with E-state index < -0.39 is 5.60 Å². The summed E-state index contributed by atoms with van der Waals surface area (Å²) in [5.41, 5.74) is 6.84. The monoisotopic (exact) mass is 533 g/mol. The van der Waals surface area contributed by atoms with Gasteiger partial charge in [0.25, 0.3) is 0 Å². The third-order valence-corrected chi connectivity index (χ3v) is 4.80. The number of carbonyl (C=O) groups is 1. The van der Waals surface area contributed by atoms with E-state index in [1.807, 2.05) is 58.0 Å². The number of hydrogen-bond donors (Lipinski definition) is 1. The summed E-state index contributed by atoms with van der Waals surface area (Å²) >= 11 is 0. The lowest BCUT2D eigenvalue weighted by Crippen LogP contribution is -2.53. The van der Waals surface area contributed by atoms with Crippen LogP contribution in [0.1, 0.15) is 32.4 Å². The fourth-order valence-electron chi connectivity index (χ4n) is 3.21. The predicted molar refractivity (Wildman–Crippen MR) is 131 cm³/mol. The smallest absolute Gasteiger partial charge is 0.410 e. The molecule has 170 valence electrons. The molecule has 1 aromatic carbocycles. The minimum absolute atomic E-state index is 0. The first-order chi connectivity index (χ1) is 13.6. The van der Waals surface area contributed by atoms with E-state index in [0.29, 0.717) is 38.7 Å². The number of ether oxygens (including phenoxy) is 2. The number of hydrogen-bond acceptors (Lipinski definition) is 5. The van der Waals surface area contributed by atoms with Gasteiger partial charge in [-0.2, -0.15) is 0 Å². The summed E-state index contributed by atoms with van der Waals surface area (Å²) in [5, 5.41) is 0. The molecule has 1 aliphatic rings. The molecule has 30 heavy (non-hydrogen) atoms. The van der Waals surface area contributed by atoms with Gasteiger partial charge in [-0.15, -0.1) is 24.0 Å². The summed E-state index contributed by atoms with van der Waals surface area (Å²) in [5.74, 6) is 1.33. The highest BCUT2D eigenvalue weighted by molar-refractivity contribution is 14.0. The Labute approximate surface area is 197 Å². The fourth-order valence-corrected chi connectivity index (χ4v) is 3.21. The van der Waals surface area contributed by atoms with E-state index in [0.717, 1.165) is 11.3 Å². The van der Waals surface area contributed by atoms with Gasteiger partial charge in [-0.05, 0) is 40.9 Å². The standard InChI is InChI=1S/C21H35N5O3.HI/c1-21(2,3)29-20(27)26-13-11-25(12-14-26)19(22)23-15-17(24(4)5)16-9-7-8-10-18(16)28-6;/h7-10,17H,11-15H2,1-6H3,(H2,22,23);1H. The van der Waals surface area contributed by atoms with Gasteiger partial charge in [-0.1, -0.05) is 18.2 Å². The Morgan fingerprint density at radius 3 is 2.27 bits per heavy atom. The molecule has 1 fully saturated rings.